The van der Waals surface area contributed by atoms with Crippen LogP contribution in [0.2, 0.25) is 0 Å². The van der Waals surface area contributed by atoms with Crippen LogP contribution in [0.15, 0.2) is 0 Å². The van der Waals surface area contributed by atoms with Gasteiger partial charge in [-0.1, -0.05) is 6.92 Å². The van der Waals surface area contributed by atoms with Gasteiger partial charge in [-0.3, -0.25) is 0 Å². The molecule has 11 heteroatoms. The van der Waals surface area contributed by atoms with E-state index in [4.69, 9.17) is 35.7 Å². The van der Waals surface area contributed by atoms with Gasteiger partial charge in [0.2, 0.25) is 0 Å². The van der Waals surface area contributed by atoms with Crippen molar-refractivity contribution < 1.29 is 40.5 Å². The fourth-order valence-corrected chi connectivity index (χ4v) is 0.543. The van der Waals surface area contributed by atoms with E-state index in [0.717, 1.165) is 0 Å². The zero-order valence-electron chi connectivity index (χ0n) is 12.2. The molecular formula is C11H26O8S3. The lowest BCUT2D eigenvalue weighted by atomic mass is 9.88. The number of aliphatic carboxylic acids is 1. The maximum Gasteiger partial charge on any atom is 0.339 e. The van der Waals surface area contributed by atoms with Crippen LogP contribution in [-0.4, -0.2) is 84.3 Å². The van der Waals surface area contributed by atoms with Gasteiger partial charge in [-0.05, 0) is 6.42 Å². The normalized spacial score (nSPS) is 11.2. The first-order valence-corrected chi connectivity index (χ1v) is 7.47. The molecule has 0 atom stereocenters. The van der Waals surface area contributed by atoms with Crippen molar-refractivity contribution in [3.63, 3.8) is 0 Å². The van der Waals surface area contributed by atoms with Gasteiger partial charge in [-0.15, -0.1) is 37.9 Å². The Morgan fingerprint density at radius 3 is 1.23 bits per heavy atom. The Morgan fingerprint density at radius 2 is 1.23 bits per heavy atom. The van der Waals surface area contributed by atoms with E-state index in [0.29, 0.717) is 6.42 Å². The van der Waals surface area contributed by atoms with Crippen LogP contribution in [0.5, 0.6) is 0 Å². The summed E-state index contributed by atoms with van der Waals surface area (Å²) in [5, 5.41) is 58.0. The Hall–Kier alpha value is 0.280. The van der Waals surface area contributed by atoms with Crippen molar-refractivity contribution in [2.45, 2.75) is 22.9 Å². The number of hydrogen-bond donors (Lipinski definition) is 10. The summed E-state index contributed by atoms with van der Waals surface area (Å²) in [6, 6.07) is 0. The van der Waals surface area contributed by atoms with Crippen molar-refractivity contribution >= 4 is 43.9 Å². The molecule has 0 aliphatic rings. The van der Waals surface area contributed by atoms with E-state index < -0.39 is 20.9 Å². The van der Waals surface area contributed by atoms with Gasteiger partial charge in [-0.25, -0.2) is 4.79 Å². The predicted molar refractivity (Wildman–Crippen MR) is 91.5 cm³/mol. The van der Waals surface area contributed by atoms with E-state index >= 15 is 0 Å². The van der Waals surface area contributed by atoms with Crippen LogP contribution >= 0.6 is 37.9 Å². The predicted octanol–water partition coefficient (Wildman–Crippen LogP) is -1.79. The number of carboxylic acids is 1. The summed E-state index contributed by atoms with van der Waals surface area (Å²) >= 11 is 10.4. The minimum Gasteiger partial charge on any atom is -0.479 e. The Morgan fingerprint density at radius 1 is 0.955 bits per heavy atom. The van der Waals surface area contributed by atoms with Crippen LogP contribution in [0.1, 0.15) is 13.3 Å². The van der Waals surface area contributed by atoms with Crippen LogP contribution in [-0.2, 0) is 4.79 Å². The average molecular weight is 383 g/mol. The molecule has 0 spiro atoms. The van der Waals surface area contributed by atoms with E-state index in [-0.39, 0.29) is 33.0 Å². The summed E-state index contributed by atoms with van der Waals surface area (Å²) in [5.74, 6) is -1.16. The van der Waals surface area contributed by atoms with Gasteiger partial charge in [-0.2, -0.15) is 0 Å². The standard InChI is InChI=1S/C6H14O3.C3H8O3.C2H4O2S3/c1-2-6(3-7,4-8)5-9;4-1-3(6)2-5;3-1(4)2(5,6)7/h7-9H,2-5H2,1H3;3-6H,1-2H2;5-7H,(H,3,4). The number of carbonyl (C=O) groups is 1. The van der Waals surface area contributed by atoms with Crippen molar-refractivity contribution in [2.75, 3.05) is 33.0 Å². The average Bonchev–Trinajstić information content (AvgIpc) is 2.49. The second kappa shape index (κ2) is 14.8. The number of aliphatic hydroxyl groups is 6. The molecule has 0 rings (SSSR count). The van der Waals surface area contributed by atoms with Gasteiger partial charge in [0.15, 0.2) is 3.41 Å². The van der Waals surface area contributed by atoms with E-state index in [9.17, 15) is 4.79 Å². The van der Waals surface area contributed by atoms with E-state index in [2.05, 4.69) is 37.9 Å². The van der Waals surface area contributed by atoms with Crippen molar-refractivity contribution in [3.8, 4) is 0 Å². The molecule has 0 heterocycles. The Bertz CT molecular complexity index is 247. The quantitative estimate of drug-likeness (QED) is 0.182. The van der Waals surface area contributed by atoms with Crippen LogP contribution in [0.4, 0.5) is 0 Å². The lowest BCUT2D eigenvalue weighted by molar-refractivity contribution is -0.135. The summed E-state index contributed by atoms with van der Waals surface area (Å²) in [5.41, 5.74) is -0.667. The maximum absolute atomic E-state index is 9.79. The molecule has 0 aromatic carbocycles. The number of aliphatic hydroxyl groups excluding tert-OH is 6. The molecule has 7 N–H and O–H groups in total. The van der Waals surface area contributed by atoms with Crippen LogP contribution in [0.25, 0.3) is 0 Å². The highest BCUT2D eigenvalue weighted by molar-refractivity contribution is 8.18. The molecular weight excluding hydrogens is 356 g/mol. The second-order valence-electron chi connectivity index (χ2n) is 4.29. The van der Waals surface area contributed by atoms with Gasteiger partial charge >= 0.3 is 5.97 Å². The fourth-order valence-electron chi connectivity index (χ4n) is 0.543. The summed E-state index contributed by atoms with van der Waals surface area (Å²) in [6.07, 6.45) is -0.360. The lowest BCUT2D eigenvalue weighted by Gasteiger charge is -2.24. The zero-order chi connectivity index (χ0) is 18.4. The first kappa shape index (κ1) is 27.1. The van der Waals surface area contributed by atoms with Gasteiger partial charge in [0.1, 0.15) is 6.10 Å². The minimum absolute atomic E-state index is 0.156. The Labute approximate surface area is 146 Å². The van der Waals surface area contributed by atoms with Crippen LogP contribution in [0.3, 0.4) is 0 Å². The number of rotatable bonds is 7. The molecule has 0 fully saturated rings. The van der Waals surface area contributed by atoms with E-state index in [1.807, 2.05) is 6.92 Å². The van der Waals surface area contributed by atoms with Crippen molar-refractivity contribution in [2.24, 2.45) is 5.41 Å². The maximum atomic E-state index is 9.79. The fraction of sp³-hybridized carbons (Fsp3) is 0.909. The highest BCUT2D eigenvalue weighted by atomic mass is 32.2. The highest BCUT2D eigenvalue weighted by Crippen LogP contribution is 2.23. The van der Waals surface area contributed by atoms with Crippen molar-refractivity contribution in [3.05, 3.63) is 0 Å². The molecule has 22 heavy (non-hydrogen) atoms. The van der Waals surface area contributed by atoms with E-state index in [1.54, 1.807) is 0 Å². The number of carboxylic acid groups (broad SMARTS) is 1. The van der Waals surface area contributed by atoms with Crippen LogP contribution < -0.4 is 0 Å². The summed E-state index contributed by atoms with van der Waals surface area (Å²) in [7, 11) is 0. The third kappa shape index (κ3) is 15.2. The highest BCUT2D eigenvalue weighted by Gasteiger charge is 2.25. The lowest BCUT2D eigenvalue weighted by Crippen LogP contribution is -2.32. The molecule has 0 bridgehead atoms. The molecule has 0 saturated carbocycles. The minimum atomic E-state index is -1.50. The Balaban J connectivity index is -0.000000252. The molecule has 136 valence electrons. The number of thiol groups is 3. The molecule has 8 nitrogen and oxygen atoms in total. The SMILES string of the molecule is CCC(CO)(CO)CO.O=C(O)C(S)(S)S.OCC(O)CO. The van der Waals surface area contributed by atoms with Gasteiger partial charge in [0.25, 0.3) is 0 Å². The molecule has 0 aliphatic carbocycles. The molecule has 0 saturated heterocycles. The molecule has 0 amide bonds. The third-order valence-corrected chi connectivity index (χ3v) is 3.04. The van der Waals surface area contributed by atoms with Gasteiger partial charge in [0, 0.05) is 5.41 Å². The van der Waals surface area contributed by atoms with Crippen molar-refractivity contribution in [1.82, 2.24) is 0 Å². The molecule has 0 radical (unpaired) electrons. The van der Waals surface area contributed by atoms with Gasteiger partial charge < -0.3 is 35.7 Å². The molecule has 0 unspecified atom stereocenters. The summed E-state index contributed by atoms with van der Waals surface area (Å²) in [4.78, 5) is 9.79. The van der Waals surface area contributed by atoms with E-state index in [1.165, 1.54) is 0 Å². The Kier molecular flexibility index (Phi) is 18.3. The monoisotopic (exact) mass is 382 g/mol. The largest absolute Gasteiger partial charge is 0.479 e. The zero-order valence-corrected chi connectivity index (χ0v) is 14.9. The summed E-state index contributed by atoms with van der Waals surface area (Å²) < 4.78 is -1.50. The topological polar surface area (TPSA) is 159 Å². The second-order valence-corrected chi connectivity index (χ2v) is 7.36. The number of hydrogen-bond acceptors (Lipinski definition) is 10. The van der Waals surface area contributed by atoms with Gasteiger partial charge in [0.05, 0.1) is 33.0 Å². The first-order valence-electron chi connectivity index (χ1n) is 6.13. The van der Waals surface area contributed by atoms with Crippen LogP contribution in [0, 0.1) is 5.41 Å². The summed E-state index contributed by atoms with van der Waals surface area (Å²) in [6.45, 7) is 0.624. The molecule has 0 aromatic rings. The smallest absolute Gasteiger partial charge is 0.339 e. The molecule has 0 aromatic heterocycles. The first-order chi connectivity index (χ1) is 9.99. The third-order valence-electron chi connectivity index (χ3n) is 2.46. The van der Waals surface area contributed by atoms with Crippen molar-refractivity contribution in [1.29, 1.82) is 0 Å². The molecule has 0 aliphatic heterocycles.